The second kappa shape index (κ2) is 25.2. The van der Waals surface area contributed by atoms with Crippen LogP contribution in [0.4, 0.5) is 62.6 Å². The zero-order valence-electron chi connectivity index (χ0n) is 46.2. The SMILES string of the molecule is Cc1cc(C)c(-c2cc(Oc3[c-]c(-c4[c-]cc(N(C)C)cn4)ncc3N(C)C)[c-]c(N3[CH-]N(C)c4ccccc43)c2)c(C)c1.[Ir].[Pt].[c-]1ccccc1N1[CH-]N(CCCCN2[CH-]N(c3[c-]cccc3)c3ccccc32)c2ccccc21. The van der Waals surface area contributed by atoms with Gasteiger partial charge in [-0.15, -0.1) is 52.2 Å². The van der Waals surface area contributed by atoms with Gasteiger partial charge in [0.25, 0.3) is 0 Å². The molecule has 0 spiro atoms. The molecule has 3 aliphatic rings. The Kier molecular flexibility index (Phi) is 18.0. The fraction of sp³-hybridized carbons (Fsp3) is 0.179. The molecule has 13 heteroatoms. The van der Waals surface area contributed by atoms with Crippen LogP contribution in [0.5, 0.6) is 11.5 Å². The number of anilines is 11. The number of benzene rings is 7. The Hall–Kier alpha value is -7.62. The normalized spacial score (nSPS) is 12.9. The van der Waals surface area contributed by atoms with Crippen LogP contribution in [0.3, 0.4) is 0 Å². The fourth-order valence-corrected chi connectivity index (χ4v) is 10.4. The molecule has 12 rings (SSSR count). The van der Waals surface area contributed by atoms with Gasteiger partial charge in [0, 0.05) is 86.8 Å². The van der Waals surface area contributed by atoms with E-state index in [4.69, 9.17) is 4.74 Å². The summed E-state index contributed by atoms with van der Waals surface area (Å²) < 4.78 is 6.68. The molecular formula is C67H62IrN10OPt-8. The molecule has 0 saturated carbocycles. The first kappa shape index (κ1) is 57.1. The van der Waals surface area contributed by atoms with Gasteiger partial charge < -0.3 is 53.9 Å². The number of hydrogen-bond acceptors (Lipinski definition) is 11. The molecule has 9 aromatic rings. The molecule has 0 bridgehead atoms. The molecule has 11 nitrogen and oxygen atoms in total. The average Bonchev–Trinajstić information content (AvgIpc) is 4.21. The summed E-state index contributed by atoms with van der Waals surface area (Å²) in [5.74, 6) is 1.11. The van der Waals surface area contributed by atoms with Gasteiger partial charge in [0.1, 0.15) is 0 Å². The Morgan fingerprint density at radius 2 is 1.05 bits per heavy atom. The van der Waals surface area contributed by atoms with E-state index in [2.05, 4.69) is 239 Å². The van der Waals surface area contributed by atoms with Crippen LogP contribution in [-0.2, 0) is 41.2 Å². The molecule has 0 fully saturated rings. The van der Waals surface area contributed by atoms with Gasteiger partial charge in [0.2, 0.25) is 0 Å². The van der Waals surface area contributed by atoms with Crippen molar-refractivity contribution in [1.29, 1.82) is 0 Å². The van der Waals surface area contributed by atoms with Crippen LogP contribution in [0.25, 0.3) is 22.5 Å². The second-order valence-electron chi connectivity index (χ2n) is 20.2. The number of ether oxygens (including phenoxy) is 1. The Morgan fingerprint density at radius 3 is 1.56 bits per heavy atom. The van der Waals surface area contributed by atoms with Gasteiger partial charge >= 0.3 is 0 Å². The monoisotopic (exact) mass is 1410 g/mol. The Labute approximate surface area is 501 Å². The van der Waals surface area contributed by atoms with E-state index in [0.717, 1.165) is 71.3 Å². The van der Waals surface area contributed by atoms with Crippen molar-refractivity contribution in [3.05, 3.63) is 231 Å². The minimum Gasteiger partial charge on any atom is -0.508 e. The first-order chi connectivity index (χ1) is 38.0. The topological polar surface area (TPSA) is 60.9 Å². The van der Waals surface area contributed by atoms with Crippen molar-refractivity contribution in [2.45, 2.75) is 33.6 Å². The minimum atomic E-state index is 0. The standard InChI is InChI=1S/C37H36N6O.C30H26N4.Ir.Pt/c1-24-15-25(2)37(26(3)16-24)27-17-29(43-23-42(8)33-11-9-10-12-34(33)43)19-30(18-27)44-36-20-32(39-22-35(36)41(6)7)31-14-13-28(21-38-31)40(4)5;1-3-13-25(14-4-1)33-23-31(27-17-7-9-19-29(27)33)21-11-12-22-32-24-34(26-15-5-2-6-16-26)30-20-10-8-18-28(30)32;;/h9-13,15-18,21-23H,1-8H3;1-10,13,15,17-20,23-24H,11-12,21-22H2;;/q2*-4;;. The molecule has 0 unspecified atom stereocenters. The molecule has 413 valence electrons. The summed E-state index contributed by atoms with van der Waals surface area (Å²) in [5, 5.41) is 0. The van der Waals surface area contributed by atoms with Gasteiger partial charge in [-0.1, -0.05) is 54.1 Å². The number of nitrogens with zero attached hydrogens (tertiary/aromatic N) is 10. The minimum absolute atomic E-state index is 0. The third-order valence-electron chi connectivity index (χ3n) is 14.1. The smallest absolute Gasteiger partial charge is 0.0326 e. The van der Waals surface area contributed by atoms with Crippen molar-refractivity contribution in [2.24, 2.45) is 0 Å². The van der Waals surface area contributed by atoms with Gasteiger partial charge in [0.05, 0.1) is 0 Å². The molecule has 0 aliphatic carbocycles. The summed E-state index contributed by atoms with van der Waals surface area (Å²) in [4.78, 5) is 26.6. The number of hydrogen-bond donors (Lipinski definition) is 0. The van der Waals surface area contributed by atoms with Crippen molar-refractivity contribution in [1.82, 2.24) is 9.97 Å². The zero-order chi connectivity index (χ0) is 53.9. The summed E-state index contributed by atoms with van der Waals surface area (Å²) in [5.41, 5.74) is 19.0. The molecule has 0 N–H and O–H groups in total. The van der Waals surface area contributed by atoms with Crippen LogP contribution in [0.1, 0.15) is 29.5 Å². The van der Waals surface area contributed by atoms with E-state index in [1.54, 1.807) is 12.4 Å². The molecule has 3 aliphatic heterocycles. The van der Waals surface area contributed by atoms with Crippen LogP contribution >= 0.6 is 0 Å². The molecule has 0 amide bonds. The molecule has 80 heavy (non-hydrogen) atoms. The predicted molar refractivity (Wildman–Crippen MR) is 320 cm³/mol. The molecule has 2 aromatic heterocycles. The third kappa shape index (κ3) is 12.1. The van der Waals surface area contributed by atoms with Gasteiger partial charge in [-0.05, 0) is 159 Å². The van der Waals surface area contributed by atoms with Crippen molar-refractivity contribution in [2.75, 3.05) is 87.5 Å². The fourth-order valence-electron chi connectivity index (χ4n) is 10.4. The van der Waals surface area contributed by atoms with Crippen molar-refractivity contribution in [3.63, 3.8) is 0 Å². The van der Waals surface area contributed by atoms with E-state index in [1.807, 2.05) is 68.3 Å². The maximum Gasteiger partial charge on any atom is 0.0326 e. The van der Waals surface area contributed by atoms with Gasteiger partial charge in [-0.3, -0.25) is 0 Å². The number of fused-ring (bicyclic) bond motifs is 3. The number of pyridine rings is 2. The Balaban J connectivity index is 0.000000194. The van der Waals surface area contributed by atoms with Crippen molar-refractivity contribution >= 4 is 62.6 Å². The van der Waals surface area contributed by atoms with E-state index in [-0.39, 0.29) is 41.2 Å². The van der Waals surface area contributed by atoms with Gasteiger partial charge in [-0.25, -0.2) is 6.07 Å². The molecule has 1 radical (unpaired) electrons. The van der Waals surface area contributed by atoms with E-state index in [9.17, 15) is 0 Å². The zero-order valence-corrected chi connectivity index (χ0v) is 50.8. The summed E-state index contributed by atoms with van der Waals surface area (Å²) in [6.45, 7) is 14.9. The van der Waals surface area contributed by atoms with Crippen molar-refractivity contribution in [3.8, 4) is 34.0 Å². The molecular weight excluding hydrogens is 1350 g/mol. The summed E-state index contributed by atoms with van der Waals surface area (Å²) >= 11 is 0. The van der Waals surface area contributed by atoms with Crippen LogP contribution < -0.4 is 43.9 Å². The van der Waals surface area contributed by atoms with Gasteiger partial charge in [-0.2, -0.15) is 92.8 Å². The van der Waals surface area contributed by atoms with Crippen LogP contribution in [0.15, 0.2) is 164 Å². The Morgan fingerprint density at radius 1 is 0.537 bits per heavy atom. The third-order valence-corrected chi connectivity index (χ3v) is 14.1. The average molecular weight is 1410 g/mol. The van der Waals surface area contributed by atoms with Gasteiger partial charge in [0.15, 0.2) is 0 Å². The number of para-hydroxylation sites is 8. The largest absolute Gasteiger partial charge is 0.508 e. The number of aromatic nitrogens is 2. The maximum absolute atomic E-state index is 6.68. The molecule has 0 saturated heterocycles. The maximum atomic E-state index is 6.68. The first-order valence-corrected chi connectivity index (χ1v) is 26.4. The van der Waals surface area contributed by atoms with E-state index < -0.39 is 0 Å². The molecule has 0 atom stereocenters. The summed E-state index contributed by atoms with van der Waals surface area (Å²) in [7, 11) is 9.93. The summed E-state index contributed by atoms with van der Waals surface area (Å²) in [6.07, 6.45) is 5.79. The van der Waals surface area contributed by atoms with Crippen LogP contribution in [-0.4, -0.2) is 58.3 Å². The number of aryl methyl sites for hydroxylation is 3. The molecule has 5 heterocycles. The van der Waals surface area contributed by atoms with Crippen LogP contribution in [0, 0.1) is 71.1 Å². The van der Waals surface area contributed by atoms with Crippen LogP contribution in [0.2, 0.25) is 0 Å². The second-order valence-corrected chi connectivity index (χ2v) is 20.2. The van der Waals surface area contributed by atoms with E-state index >= 15 is 0 Å². The Bertz CT molecular complexity index is 3420. The number of unbranched alkanes of at least 4 members (excludes halogenated alkanes) is 1. The van der Waals surface area contributed by atoms with Crippen molar-refractivity contribution < 1.29 is 45.9 Å². The van der Waals surface area contributed by atoms with E-state index in [0.29, 0.717) is 22.9 Å². The number of rotatable bonds is 14. The summed E-state index contributed by atoms with van der Waals surface area (Å²) in [6, 6.07) is 69.3. The van der Waals surface area contributed by atoms with E-state index in [1.165, 1.54) is 45.0 Å². The quantitative estimate of drug-likeness (QED) is 0.0773. The predicted octanol–water partition coefficient (Wildman–Crippen LogP) is 14.7. The first-order valence-electron chi connectivity index (χ1n) is 26.4. The molecule has 7 aromatic carbocycles.